The van der Waals surface area contributed by atoms with E-state index in [0.29, 0.717) is 15.3 Å². The van der Waals surface area contributed by atoms with Crippen LogP contribution in [0.3, 0.4) is 0 Å². The Morgan fingerprint density at radius 3 is 2.71 bits per heavy atom. The first kappa shape index (κ1) is 15.9. The molecule has 1 heterocycles. The fourth-order valence-electron chi connectivity index (χ4n) is 2.17. The number of thiazole rings is 1. The maximum atomic E-state index is 12.1. The van der Waals surface area contributed by atoms with E-state index in [1.807, 2.05) is 12.1 Å². The van der Waals surface area contributed by atoms with E-state index in [2.05, 4.69) is 10.3 Å². The van der Waals surface area contributed by atoms with Gasteiger partial charge in [0, 0.05) is 12.1 Å². The number of anilines is 1. The van der Waals surface area contributed by atoms with Crippen LogP contribution in [0.2, 0.25) is 0 Å². The summed E-state index contributed by atoms with van der Waals surface area (Å²) >= 11 is 1.21. The Bertz CT molecular complexity index is 905. The van der Waals surface area contributed by atoms with E-state index in [1.165, 1.54) is 23.5 Å². The third-order valence-electron chi connectivity index (χ3n) is 3.35. The molecule has 3 aromatic rings. The minimum atomic E-state index is -0.457. The lowest BCUT2D eigenvalue weighted by Gasteiger charge is -2.03. The number of aromatic nitrogens is 1. The van der Waals surface area contributed by atoms with E-state index >= 15 is 0 Å². The first-order valence-corrected chi connectivity index (χ1v) is 7.84. The number of nitrogens with one attached hydrogen (secondary N) is 1. The average Bonchev–Trinajstić information content (AvgIpc) is 2.96. The van der Waals surface area contributed by atoms with Crippen molar-refractivity contribution in [3.05, 3.63) is 58.1 Å². The van der Waals surface area contributed by atoms with Crippen LogP contribution in [0.1, 0.15) is 5.56 Å². The van der Waals surface area contributed by atoms with Crippen molar-refractivity contribution in [2.45, 2.75) is 6.42 Å². The summed E-state index contributed by atoms with van der Waals surface area (Å²) in [7, 11) is 1.58. The van der Waals surface area contributed by atoms with Crippen LogP contribution in [-0.4, -0.2) is 22.9 Å². The monoisotopic (exact) mass is 343 g/mol. The second kappa shape index (κ2) is 6.63. The average molecular weight is 343 g/mol. The molecule has 0 aliphatic carbocycles. The second-order valence-electron chi connectivity index (χ2n) is 5.00. The number of carbonyl (C=O) groups is 1. The molecule has 0 aliphatic heterocycles. The van der Waals surface area contributed by atoms with Crippen LogP contribution >= 0.6 is 11.3 Å². The maximum Gasteiger partial charge on any atom is 0.270 e. The van der Waals surface area contributed by atoms with Crippen molar-refractivity contribution in [3.8, 4) is 5.75 Å². The molecule has 0 radical (unpaired) electrons. The standard InChI is InChI=1S/C16H13N3O4S/c1-23-12-5-2-10(3-6-12)8-15(20)18-16-17-13-7-4-11(19(21)22)9-14(13)24-16/h2-7,9H,8H2,1H3,(H,17,18,20). The minimum absolute atomic E-state index is 0.00209. The van der Waals surface area contributed by atoms with Crippen LogP contribution in [0.4, 0.5) is 10.8 Å². The molecule has 0 aliphatic rings. The summed E-state index contributed by atoms with van der Waals surface area (Å²) in [6.45, 7) is 0. The molecule has 8 heteroatoms. The number of rotatable bonds is 5. The van der Waals surface area contributed by atoms with Gasteiger partial charge in [-0.2, -0.15) is 0 Å². The van der Waals surface area contributed by atoms with Crippen LogP contribution in [0.15, 0.2) is 42.5 Å². The van der Waals surface area contributed by atoms with Crippen molar-refractivity contribution in [1.82, 2.24) is 4.98 Å². The molecule has 0 saturated carbocycles. The number of ether oxygens (including phenoxy) is 1. The van der Waals surface area contributed by atoms with Crippen LogP contribution < -0.4 is 10.1 Å². The molecule has 0 fully saturated rings. The SMILES string of the molecule is COc1ccc(CC(=O)Nc2nc3ccc([N+](=O)[O-])cc3s2)cc1. The molecular formula is C16H13N3O4S. The molecule has 24 heavy (non-hydrogen) atoms. The van der Waals surface area contributed by atoms with Crippen molar-refractivity contribution in [1.29, 1.82) is 0 Å². The van der Waals surface area contributed by atoms with Gasteiger partial charge in [0.05, 0.1) is 28.7 Å². The summed E-state index contributed by atoms with van der Waals surface area (Å²) in [6, 6.07) is 11.6. The van der Waals surface area contributed by atoms with Crippen LogP contribution in [-0.2, 0) is 11.2 Å². The summed E-state index contributed by atoms with van der Waals surface area (Å²) in [4.78, 5) is 26.7. The number of methoxy groups -OCH3 is 1. The summed E-state index contributed by atoms with van der Waals surface area (Å²) in [5.41, 5.74) is 1.47. The molecule has 0 spiro atoms. The zero-order valence-corrected chi connectivity index (χ0v) is 13.5. The highest BCUT2D eigenvalue weighted by molar-refractivity contribution is 7.22. The van der Waals surface area contributed by atoms with E-state index in [-0.39, 0.29) is 18.0 Å². The zero-order chi connectivity index (χ0) is 17.1. The van der Waals surface area contributed by atoms with E-state index in [4.69, 9.17) is 4.74 Å². The van der Waals surface area contributed by atoms with E-state index < -0.39 is 4.92 Å². The number of non-ortho nitro benzene ring substituents is 1. The normalized spacial score (nSPS) is 10.5. The number of carbonyl (C=O) groups excluding carboxylic acids is 1. The number of benzene rings is 2. The molecule has 122 valence electrons. The van der Waals surface area contributed by atoms with Crippen LogP contribution in [0.5, 0.6) is 5.75 Å². The van der Waals surface area contributed by atoms with Gasteiger partial charge < -0.3 is 10.1 Å². The topological polar surface area (TPSA) is 94.4 Å². The lowest BCUT2D eigenvalue weighted by Crippen LogP contribution is -2.14. The number of nitro benzene ring substituents is 1. The first-order valence-electron chi connectivity index (χ1n) is 7.03. The Balaban J connectivity index is 1.71. The third-order valence-corrected chi connectivity index (χ3v) is 4.29. The summed E-state index contributed by atoms with van der Waals surface area (Å²) in [5, 5.41) is 13.9. The Hall–Kier alpha value is -3.00. The molecule has 0 atom stereocenters. The zero-order valence-electron chi connectivity index (χ0n) is 12.7. The number of hydrogen-bond donors (Lipinski definition) is 1. The Morgan fingerprint density at radius 1 is 1.29 bits per heavy atom. The summed E-state index contributed by atoms with van der Waals surface area (Å²) < 4.78 is 5.73. The smallest absolute Gasteiger partial charge is 0.270 e. The number of fused-ring (bicyclic) bond motifs is 1. The molecule has 0 bridgehead atoms. The van der Waals surface area contributed by atoms with Crippen molar-refractivity contribution in [2.24, 2.45) is 0 Å². The third kappa shape index (κ3) is 3.49. The minimum Gasteiger partial charge on any atom is -0.497 e. The Kier molecular flexibility index (Phi) is 4.39. The lowest BCUT2D eigenvalue weighted by molar-refractivity contribution is -0.384. The van der Waals surface area contributed by atoms with Gasteiger partial charge in [-0.15, -0.1) is 0 Å². The number of nitro groups is 1. The van der Waals surface area contributed by atoms with Gasteiger partial charge in [0.1, 0.15) is 5.75 Å². The molecule has 2 aromatic carbocycles. The predicted molar refractivity (Wildman–Crippen MR) is 91.6 cm³/mol. The van der Waals surface area contributed by atoms with Gasteiger partial charge in [0.15, 0.2) is 5.13 Å². The van der Waals surface area contributed by atoms with Crippen molar-refractivity contribution >= 4 is 38.3 Å². The molecule has 0 saturated heterocycles. The molecule has 1 amide bonds. The van der Waals surface area contributed by atoms with Gasteiger partial charge in [0.25, 0.3) is 5.69 Å². The molecule has 1 aromatic heterocycles. The summed E-state index contributed by atoms with van der Waals surface area (Å²) in [6.07, 6.45) is 0.208. The van der Waals surface area contributed by atoms with Crippen molar-refractivity contribution in [3.63, 3.8) is 0 Å². The largest absolute Gasteiger partial charge is 0.497 e. The highest BCUT2D eigenvalue weighted by Crippen LogP contribution is 2.29. The lowest BCUT2D eigenvalue weighted by atomic mass is 10.1. The van der Waals surface area contributed by atoms with Crippen molar-refractivity contribution < 1.29 is 14.5 Å². The van der Waals surface area contributed by atoms with Gasteiger partial charge in [-0.1, -0.05) is 23.5 Å². The van der Waals surface area contributed by atoms with Crippen LogP contribution in [0.25, 0.3) is 10.2 Å². The number of hydrogen-bond acceptors (Lipinski definition) is 6. The van der Waals surface area contributed by atoms with E-state index in [1.54, 1.807) is 25.3 Å². The second-order valence-corrected chi connectivity index (χ2v) is 6.03. The molecule has 1 N–H and O–H groups in total. The predicted octanol–water partition coefficient (Wildman–Crippen LogP) is 3.39. The highest BCUT2D eigenvalue weighted by Gasteiger charge is 2.12. The van der Waals surface area contributed by atoms with Gasteiger partial charge in [-0.25, -0.2) is 4.98 Å². The van der Waals surface area contributed by atoms with E-state index in [0.717, 1.165) is 11.3 Å². The van der Waals surface area contributed by atoms with Crippen LogP contribution in [0, 0.1) is 10.1 Å². The van der Waals surface area contributed by atoms with Crippen molar-refractivity contribution in [2.75, 3.05) is 12.4 Å². The van der Waals surface area contributed by atoms with Gasteiger partial charge in [-0.05, 0) is 23.8 Å². The maximum absolute atomic E-state index is 12.1. The molecule has 3 rings (SSSR count). The fraction of sp³-hybridized carbons (Fsp3) is 0.125. The molecule has 7 nitrogen and oxygen atoms in total. The Morgan fingerprint density at radius 2 is 2.04 bits per heavy atom. The number of nitrogens with zero attached hydrogens (tertiary/aromatic N) is 2. The molecular weight excluding hydrogens is 330 g/mol. The van der Waals surface area contributed by atoms with Gasteiger partial charge in [0.2, 0.25) is 5.91 Å². The van der Waals surface area contributed by atoms with Gasteiger partial charge >= 0.3 is 0 Å². The van der Waals surface area contributed by atoms with E-state index in [9.17, 15) is 14.9 Å². The molecule has 0 unspecified atom stereocenters. The number of amides is 1. The first-order chi connectivity index (χ1) is 11.5. The fourth-order valence-corrected chi connectivity index (χ4v) is 3.09. The van der Waals surface area contributed by atoms with Gasteiger partial charge in [-0.3, -0.25) is 14.9 Å². The highest BCUT2D eigenvalue weighted by atomic mass is 32.1. The quantitative estimate of drug-likeness (QED) is 0.566. The Labute approximate surface area is 141 Å². The summed E-state index contributed by atoms with van der Waals surface area (Å²) in [5.74, 6) is 0.528.